The zero-order valence-electron chi connectivity index (χ0n) is 10.4. The van der Waals surface area contributed by atoms with Gasteiger partial charge in [0.2, 0.25) is 0 Å². The third-order valence-corrected chi connectivity index (χ3v) is 3.72. The number of hydrogen-bond acceptors (Lipinski definition) is 6. The van der Waals surface area contributed by atoms with Crippen LogP contribution in [0.15, 0.2) is 11.4 Å². The van der Waals surface area contributed by atoms with Gasteiger partial charge in [0.25, 0.3) is 5.91 Å². The molecule has 0 aliphatic carbocycles. The molecule has 2 rings (SSSR count). The number of hydrogen-bond donors (Lipinski definition) is 1. The Labute approximate surface area is 117 Å². The molecule has 8 nitrogen and oxygen atoms in total. The summed E-state index contributed by atoms with van der Waals surface area (Å²) < 4.78 is 5.27. The predicted octanol–water partition coefficient (Wildman–Crippen LogP) is 0.972. The highest BCUT2D eigenvalue weighted by atomic mass is 32.1. The van der Waals surface area contributed by atoms with E-state index < -0.39 is 17.0 Å². The topological polar surface area (TPSA) is 110 Å². The van der Waals surface area contributed by atoms with Gasteiger partial charge in [-0.1, -0.05) is 11.3 Å². The van der Waals surface area contributed by atoms with Crippen LogP contribution in [0.1, 0.15) is 16.8 Å². The van der Waals surface area contributed by atoms with Gasteiger partial charge in [0.15, 0.2) is 0 Å². The molecule has 0 spiro atoms. The fourth-order valence-corrected chi connectivity index (χ4v) is 2.64. The monoisotopic (exact) mass is 300 g/mol. The molecule has 1 amide bonds. The number of ether oxygens (including phenoxy) is 1. The van der Waals surface area contributed by atoms with Gasteiger partial charge in [-0.25, -0.2) is 0 Å². The van der Waals surface area contributed by atoms with E-state index in [4.69, 9.17) is 9.84 Å². The summed E-state index contributed by atoms with van der Waals surface area (Å²) in [5, 5.41) is 20.6. The minimum atomic E-state index is -0.990. The van der Waals surface area contributed by atoms with Crippen LogP contribution in [0.4, 0.5) is 5.00 Å². The van der Waals surface area contributed by atoms with Crippen molar-refractivity contribution in [1.29, 1.82) is 0 Å². The van der Waals surface area contributed by atoms with Crippen molar-refractivity contribution in [3.63, 3.8) is 0 Å². The molecular weight excluding hydrogens is 288 g/mol. The van der Waals surface area contributed by atoms with Crippen molar-refractivity contribution < 1.29 is 24.4 Å². The molecule has 1 aliphatic heterocycles. The molecule has 20 heavy (non-hydrogen) atoms. The number of carbonyl (C=O) groups excluding carboxylic acids is 1. The van der Waals surface area contributed by atoms with Crippen LogP contribution in [0.25, 0.3) is 0 Å². The van der Waals surface area contributed by atoms with Gasteiger partial charge >= 0.3 is 11.0 Å². The van der Waals surface area contributed by atoms with E-state index in [9.17, 15) is 19.7 Å². The van der Waals surface area contributed by atoms with Gasteiger partial charge in [0.05, 0.1) is 29.6 Å². The maximum atomic E-state index is 12.2. The Morgan fingerprint density at radius 3 is 2.95 bits per heavy atom. The van der Waals surface area contributed by atoms with Gasteiger partial charge in [-0.15, -0.1) is 0 Å². The Bertz CT molecular complexity index is 543. The maximum Gasteiger partial charge on any atom is 0.324 e. The molecule has 0 aromatic carbocycles. The summed E-state index contributed by atoms with van der Waals surface area (Å²) in [6, 6.07) is 1.23. The SMILES string of the molecule is O=C(O)CC1CN(C(=O)c2csc([N+](=O)[O-])c2)CCO1. The summed E-state index contributed by atoms with van der Waals surface area (Å²) in [5.41, 5.74) is 0.248. The molecule has 0 saturated carbocycles. The zero-order valence-corrected chi connectivity index (χ0v) is 11.2. The average Bonchev–Trinajstić information content (AvgIpc) is 2.87. The van der Waals surface area contributed by atoms with E-state index in [-0.39, 0.29) is 36.0 Å². The third-order valence-electron chi connectivity index (χ3n) is 2.84. The summed E-state index contributed by atoms with van der Waals surface area (Å²) in [6.45, 7) is 0.781. The molecular formula is C11H12N2O6S. The fourth-order valence-electron chi connectivity index (χ4n) is 1.94. The molecule has 108 valence electrons. The van der Waals surface area contributed by atoms with Gasteiger partial charge in [0.1, 0.15) is 0 Å². The zero-order chi connectivity index (χ0) is 14.7. The van der Waals surface area contributed by atoms with Crippen LogP contribution in [0, 0.1) is 10.1 Å². The molecule has 1 aliphatic rings. The highest BCUT2D eigenvalue weighted by molar-refractivity contribution is 7.13. The lowest BCUT2D eigenvalue weighted by molar-refractivity contribution is -0.380. The molecule has 1 aromatic rings. The molecule has 1 atom stereocenters. The first-order valence-electron chi connectivity index (χ1n) is 5.83. The normalized spacial score (nSPS) is 18.8. The van der Waals surface area contributed by atoms with Crippen molar-refractivity contribution in [2.45, 2.75) is 12.5 Å². The van der Waals surface area contributed by atoms with Gasteiger partial charge in [-0.3, -0.25) is 19.7 Å². The van der Waals surface area contributed by atoms with E-state index in [1.165, 1.54) is 16.3 Å². The molecule has 1 aromatic heterocycles. The molecule has 2 heterocycles. The van der Waals surface area contributed by atoms with Crippen LogP contribution in [0.5, 0.6) is 0 Å². The molecule has 0 radical (unpaired) electrons. The van der Waals surface area contributed by atoms with Crippen molar-refractivity contribution in [1.82, 2.24) is 4.90 Å². The maximum absolute atomic E-state index is 12.2. The minimum Gasteiger partial charge on any atom is -0.481 e. The first-order valence-corrected chi connectivity index (χ1v) is 6.71. The average molecular weight is 300 g/mol. The van der Waals surface area contributed by atoms with Crippen LogP contribution in [-0.2, 0) is 9.53 Å². The largest absolute Gasteiger partial charge is 0.481 e. The van der Waals surface area contributed by atoms with Gasteiger partial charge in [-0.2, -0.15) is 0 Å². The van der Waals surface area contributed by atoms with E-state index in [1.54, 1.807) is 0 Å². The molecule has 1 saturated heterocycles. The molecule has 9 heteroatoms. The lowest BCUT2D eigenvalue weighted by Gasteiger charge is -2.32. The van der Waals surface area contributed by atoms with E-state index in [2.05, 4.69) is 0 Å². The second kappa shape index (κ2) is 5.97. The molecule has 1 N–H and O–H groups in total. The van der Waals surface area contributed by atoms with Crippen LogP contribution >= 0.6 is 11.3 Å². The number of amides is 1. The predicted molar refractivity (Wildman–Crippen MR) is 68.9 cm³/mol. The van der Waals surface area contributed by atoms with Gasteiger partial charge < -0.3 is 14.7 Å². The summed E-state index contributed by atoms with van der Waals surface area (Å²) in [4.78, 5) is 34.3. The van der Waals surface area contributed by atoms with Gasteiger partial charge in [0, 0.05) is 24.5 Å². The fraction of sp³-hybridized carbons (Fsp3) is 0.455. The summed E-state index contributed by atoms with van der Waals surface area (Å²) in [7, 11) is 0. The third kappa shape index (κ3) is 3.31. The number of aliphatic carboxylic acids is 1. The highest BCUT2D eigenvalue weighted by Gasteiger charge is 2.27. The number of nitrogens with zero attached hydrogens (tertiary/aromatic N) is 2. The standard InChI is InChI=1S/C11H12N2O6S/c14-10(15)4-8-5-12(1-2-19-8)11(16)7-3-9(13(17)18)20-6-7/h3,6,8H,1-2,4-5H2,(H,14,15). The van der Waals surface area contributed by atoms with E-state index in [0.29, 0.717) is 6.54 Å². The number of carboxylic acids is 1. The molecule has 1 fully saturated rings. The molecule has 0 bridgehead atoms. The summed E-state index contributed by atoms with van der Waals surface area (Å²) >= 11 is 0.889. The number of thiophene rings is 1. The Kier molecular flexibility index (Phi) is 4.30. The number of morpholine rings is 1. The number of carboxylic acid groups (broad SMARTS) is 1. The number of rotatable bonds is 4. The van der Waals surface area contributed by atoms with Crippen molar-refractivity contribution in [3.05, 3.63) is 27.1 Å². The van der Waals surface area contributed by atoms with E-state index in [1.807, 2.05) is 0 Å². The lowest BCUT2D eigenvalue weighted by Crippen LogP contribution is -2.46. The van der Waals surface area contributed by atoms with E-state index in [0.717, 1.165) is 11.3 Å². The highest BCUT2D eigenvalue weighted by Crippen LogP contribution is 2.24. The van der Waals surface area contributed by atoms with Gasteiger partial charge in [-0.05, 0) is 0 Å². The van der Waals surface area contributed by atoms with Crippen molar-refractivity contribution in [2.75, 3.05) is 19.7 Å². The second-order valence-electron chi connectivity index (χ2n) is 4.27. The minimum absolute atomic E-state index is 0.0938. The van der Waals surface area contributed by atoms with Crippen molar-refractivity contribution in [2.24, 2.45) is 0 Å². The Hall–Kier alpha value is -2.00. The van der Waals surface area contributed by atoms with Crippen LogP contribution in [-0.4, -0.2) is 52.6 Å². The summed E-state index contributed by atoms with van der Waals surface area (Å²) in [5.74, 6) is -1.33. The molecule has 1 unspecified atom stereocenters. The quantitative estimate of drug-likeness (QED) is 0.655. The van der Waals surface area contributed by atoms with Crippen molar-refractivity contribution >= 4 is 28.2 Å². The number of nitro groups is 1. The van der Waals surface area contributed by atoms with Crippen LogP contribution in [0.3, 0.4) is 0 Å². The Morgan fingerprint density at radius 2 is 2.35 bits per heavy atom. The van der Waals surface area contributed by atoms with Crippen LogP contribution < -0.4 is 0 Å². The number of carbonyl (C=O) groups is 2. The second-order valence-corrected chi connectivity index (χ2v) is 5.16. The first-order chi connectivity index (χ1) is 9.47. The Balaban J connectivity index is 2.04. The lowest BCUT2D eigenvalue weighted by atomic mass is 10.2. The Morgan fingerprint density at radius 1 is 1.60 bits per heavy atom. The van der Waals surface area contributed by atoms with Crippen LogP contribution in [0.2, 0.25) is 0 Å². The van der Waals surface area contributed by atoms with Crippen molar-refractivity contribution in [3.8, 4) is 0 Å². The van der Waals surface area contributed by atoms with E-state index >= 15 is 0 Å². The smallest absolute Gasteiger partial charge is 0.324 e. The summed E-state index contributed by atoms with van der Waals surface area (Å²) in [6.07, 6.45) is -0.716. The first kappa shape index (κ1) is 14.4.